The minimum Gasteiger partial charge on any atom is -0.311 e. The highest BCUT2D eigenvalue weighted by Crippen LogP contribution is 2.29. The lowest BCUT2D eigenvalue weighted by atomic mass is 10.0. The summed E-state index contributed by atoms with van der Waals surface area (Å²) in [4.78, 5) is 2.31. The van der Waals surface area contributed by atoms with Gasteiger partial charge in [0.1, 0.15) is 0 Å². The Kier molecular flexibility index (Phi) is 5.27. The molecule has 0 saturated carbocycles. The van der Waals surface area contributed by atoms with Crippen molar-refractivity contribution in [2.24, 2.45) is 0 Å². The van der Waals surface area contributed by atoms with Crippen LogP contribution < -0.4 is 5.32 Å². The van der Waals surface area contributed by atoms with Gasteiger partial charge in [-0.15, -0.1) is 0 Å². The lowest BCUT2D eigenvalue weighted by Crippen LogP contribution is -2.47. The number of rotatable bonds is 4. The van der Waals surface area contributed by atoms with E-state index in [-0.39, 0.29) is 0 Å². The van der Waals surface area contributed by atoms with Crippen molar-refractivity contribution in [1.82, 2.24) is 10.2 Å². The highest BCUT2D eigenvalue weighted by Gasteiger charge is 2.30. The van der Waals surface area contributed by atoms with Crippen molar-refractivity contribution in [1.29, 1.82) is 0 Å². The minimum absolute atomic E-state index is 0.459. The zero-order valence-electron chi connectivity index (χ0n) is 12.6. The van der Waals surface area contributed by atoms with Crippen LogP contribution in [0.2, 0.25) is 0 Å². The Hall–Kier alpha value is -1.07. The maximum Gasteiger partial charge on any atom is 0.416 e. The van der Waals surface area contributed by atoms with Gasteiger partial charge in [0.25, 0.3) is 0 Å². The van der Waals surface area contributed by atoms with Gasteiger partial charge in [0.05, 0.1) is 5.56 Å². The van der Waals surface area contributed by atoms with Gasteiger partial charge in [0.15, 0.2) is 0 Å². The third-order valence-electron chi connectivity index (χ3n) is 3.76. The molecular weight excluding hydrogens is 277 g/mol. The fraction of sp³-hybridized carbons (Fsp3) is 0.625. The number of halogens is 3. The molecule has 1 aliphatic rings. The first-order valence-electron chi connectivity index (χ1n) is 7.49. The summed E-state index contributed by atoms with van der Waals surface area (Å²) < 4.78 is 37.6. The number of hydrogen-bond acceptors (Lipinski definition) is 2. The summed E-state index contributed by atoms with van der Waals surface area (Å²) >= 11 is 0. The second kappa shape index (κ2) is 6.79. The van der Waals surface area contributed by atoms with Gasteiger partial charge < -0.3 is 5.32 Å². The van der Waals surface area contributed by atoms with Crippen LogP contribution >= 0.6 is 0 Å². The molecule has 21 heavy (non-hydrogen) atoms. The second-order valence-corrected chi connectivity index (χ2v) is 6.09. The summed E-state index contributed by atoms with van der Waals surface area (Å²) in [5.41, 5.74) is 0.359. The Morgan fingerprint density at radius 2 is 1.90 bits per heavy atom. The topological polar surface area (TPSA) is 15.3 Å². The molecule has 1 N–H and O–H groups in total. The smallest absolute Gasteiger partial charge is 0.311 e. The Morgan fingerprint density at radius 3 is 2.48 bits per heavy atom. The Labute approximate surface area is 124 Å². The molecule has 2 rings (SSSR count). The van der Waals surface area contributed by atoms with Gasteiger partial charge in [-0.25, -0.2) is 0 Å². The zero-order chi connectivity index (χ0) is 15.5. The molecule has 1 heterocycles. The predicted octanol–water partition coefficient (Wildman–Crippen LogP) is 3.67. The molecule has 5 heteroatoms. The maximum absolute atomic E-state index is 12.5. The first kappa shape index (κ1) is 16.3. The van der Waals surface area contributed by atoms with E-state index in [2.05, 4.69) is 24.1 Å². The number of benzene rings is 1. The van der Waals surface area contributed by atoms with Crippen LogP contribution in [0.1, 0.15) is 37.8 Å². The van der Waals surface area contributed by atoms with Crippen LogP contribution in [0.5, 0.6) is 0 Å². The molecule has 0 aliphatic carbocycles. The fourth-order valence-corrected chi connectivity index (χ4v) is 2.86. The van der Waals surface area contributed by atoms with E-state index in [1.54, 1.807) is 12.1 Å². The maximum atomic E-state index is 12.5. The average Bonchev–Trinajstić information content (AvgIpc) is 2.38. The van der Waals surface area contributed by atoms with E-state index < -0.39 is 11.7 Å². The fourth-order valence-electron chi connectivity index (χ4n) is 2.86. The zero-order valence-corrected chi connectivity index (χ0v) is 12.6. The second-order valence-electron chi connectivity index (χ2n) is 6.09. The molecule has 118 valence electrons. The lowest BCUT2D eigenvalue weighted by molar-refractivity contribution is -0.137. The van der Waals surface area contributed by atoms with Crippen LogP contribution in [0.3, 0.4) is 0 Å². The number of nitrogens with zero attached hydrogens (tertiary/aromatic N) is 1. The number of nitrogens with one attached hydrogen (secondary N) is 1. The normalized spacial score (nSPS) is 21.0. The summed E-state index contributed by atoms with van der Waals surface area (Å²) in [5.74, 6) is 0. The van der Waals surface area contributed by atoms with Gasteiger partial charge in [-0.05, 0) is 37.1 Å². The number of likely N-dealkylation sites (tertiary alicyclic amines) is 1. The van der Waals surface area contributed by atoms with E-state index in [0.29, 0.717) is 18.6 Å². The van der Waals surface area contributed by atoms with E-state index in [1.807, 2.05) is 0 Å². The molecule has 1 aromatic rings. The van der Waals surface area contributed by atoms with E-state index in [1.165, 1.54) is 18.6 Å². The Bertz CT molecular complexity index is 440. The monoisotopic (exact) mass is 300 g/mol. The largest absolute Gasteiger partial charge is 0.416 e. The van der Waals surface area contributed by atoms with Gasteiger partial charge in [-0.2, -0.15) is 13.2 Å². The summed E-state index contributed by atoms with van der Waals surface area (Å²) in [7, 11) is 0. The van der Waals surface area contributed by atoms with Crippen LogP contribution in [-0.4, -0.2) is 30.1 Å². The highest BCUT2D eigenvalue weighted by molar-refractivity contribution is 5.24. The van der Waals surface area contributed by atoms with Crippen molar-refractivity contribution in [2.75, 3.05) is 13.1 Å². The molecule has 0 spiro atoms. The molecular formula is C16H23F3N2. The lowest BCUT2D eigenvalue weighted by Gasteiger charge is -2.34. The molecule has 1 saturated heterocycles. The van der Waals surface area contributed by atoms with Gasteiger partial charge >= 0.3 is 6.18 Å². The van der Waals surface area contributed by atoms with Crippen LogP contribution in [0, 0.1) is 0 Å². The number of piperidine rings is 1. The molecule has 1 aliphatic heterocycles. The van der Waals surface area contributed by atoms with Crippen molar-refractivity contribution >= 4 is 0 Å². The van der Waals surface area contributed by atoms with Gasteiger partial charge in [-0.3, -0.25) is 4.90 Å². The van der Waals surface area contributed by atoms with Crippen LogP contribution in [0.15, 0.2) is 24.3 Å². The van der Waals surface area contributed by atoms with Crippen molar-refractivity contribution in [3.8, 4) is 0 Å². The van der Waals surface area contributed by atoms with Crippen molar-refractivity contribution in [2.45, 2.75) is 51.5 Å². The van der Waals surface area contributed by atoms with E-state index in [4.69, 9.17) is 0 Å². The molecule has 2 nitrogen and oxygen atoms in total. The number of alkyl halides is 3. The summed E-state index contributed by atoms with van der Waals surface area (Å²) in [6.07, 6.45) is -1.96. The standard InChI is InChI=1S/C16H23F3N2/c1-12(2)20-15-4-3-9-21(11-15)10-13-5-7-14(8-6-13)16(17,18)19/h5-8,12,15,20H,3-4,9-11H2,1-2H3. The van der Waals surface area contributed by atoms with Crippen molar-refractivity contribution in [3.63, 3.8) is 0 Å². The quantitative estimate of drug-likeness (QED) is 0.913. The summed E-state index contributed by atoms with van der Waals surface area (Å²) in [5, 5.41) is 3.54. The SMILES string of the molecule is CC(C)NC1CCCN(Cc2ccc(C(F)(F)F)cc2)C1. The first-order valence-corrected chi connectivity index (χ1v) is 7.49. The molecule has 0 amide bonds. The molecule has 1 unspecified atom stereocenters. The van der Waals surface area contributed by atoms with Crippen molar-refractivity contribution < 1.29 is 13.2 Å². The average molecular weight is 300 g/mol. The molecule has 1 fully saturated rings. The molecule has 0 aromatic heterocycles. The molecule has 1 aromatic carbocycles. The van der Waals surface area contributed by atoms with E-state index in [0.717, 1.165) is 25.1 Å². The molecule has 0 radical (unpaired) electrons. The third-order valence-corrected chi connectivity index (χ3v) is 3.76. The number of hydrogen-bond donors (Lipinski definition) is 1. The van der Waals surface area contributed by atoms with Gasteiger partial charge in [-0.1, -0.05) is 26.0 Å². The van der Waals surface area contributed by atoms with Crippen LogP contribution in [0.25, 0.3) is 0 Å². The molecule has 1 atom stereocenters. The van der Waals surface area contributed by atoms with Crippen LogP contribution in [0.4, 0.5) is 13.2 Å². The predicted molar refractivity (Wildman–Crippen MR) is 78.0 cm³/mol. The Balaban J connectivity index is 1.92. The van der Waals surface area contributed by atoms with Crippen molar-refractivity contribution in [3.05, 3.63) is 35.4 Å². The van der Waals surface area contributed by atoms with Crippen LogP contribution in [-0.2, 0) is 12.7 Å². The highest BCUT2D eigenvalue weighted by atomic mass is 19.4. The van der Waals surface area contributed by atoms with E-state index in [9.17, 15) is 13.2 Å². The van der Waals surface area contributed by atoms with Gasteiger partial charge in [0, 0.05) is 25.2 Å². The first-order chi connectivity index (χ1) is 9.84. The minimum atomic E-state index is -4.25. The summed E-state index contributed by atoms with van der Waals surface area (Å²) in [6.45, 7) is 6.95. The van der Waals surface area contributed by atoms with E-state index >= 15 is 0 Å². The third kappa shape index (κ3) is 5.00. The van der Waals surface area contributed by atoms with Gasteiger partial charge in [0.2, 0.25) is 0 Å². The summed E-state index contributed by atoms with van der Waals surface area (Å²) in [6, 6.07) is 6.45. The molecule has 0 bridgehead atoms. The Morgan fingerprint density at radius 1 is 1.24 bits per heavy atom.